The second-order valence-electron chi connectivity index (χ2n) is 5.57. The molecule has 0 aromatic heterocycles. The van der Waals surface area contributed by atoms with Crippen LogP contribution in [0.3, 0.4) is 0 Å². The fourth-order valence-corrected chi connectivity index (χ4v) is 2.79. The van der Waals surface area contributed by atoms with Gasteiger partial charge in [-0.2, -0.15) is 0 Å². The van der Waals surface area contributed by atoms with Gasteiger partial charge >= 0.3 is 5.97 Å². The van der Waals surface area contributed by atoms with Gasteiger partial charge in [0.25, 0.3) is 0 Å². The van der Waals surface area contributed by atoms with Gasteiger partial charge in [-0.3, -0.25) is 4.79 Å². The lowest BCUT2D eigenvalue weighted by Crippen LogP contribution is -2.23. The summed E-state index contributed by atoms with van der Waals surface area (Å²) in [5.41, 5.74) is 1.49. The molecule has 0 heterocycles. The minimum absolute atomic E-state index is 0.174. The van der Waals surface area contributed by atoms with Gasteiger partial charge in [-0.15, -0.1) is 0 Å². The van der Waals surface area contributed by atoms with Gasteiger partial charge in [0.2, 0.25) is 0 Å². The highest BCUT2D eigenvalue weighted by Gasteiger charge is 2.23. The van der Waals surface area contributed by atoms with Crippen LogP contribution in [0.4, 0.5) is 0 Å². The van der Waals surface area contributed by atoms with Crippen LogP contribution < -0.4 is 0 Å². The topological polar surface area (TPSA) is 46.5 Å². The first-order valence-corrected chi connectivity index (χ1v) is 7.97. The van der Waals surface area contributed by atoms with Crippen molar-refractivity contribution in [3.05, 3.63) is 58.1 Å². The Balaban J connectivity index is 2.16. The molecular formula is C18H18Cl2O3. The van der Waals surface area contributed by atoms with Crippen LogP contribution in [0.2, 0.25) is 10.0 Å². The molecule has 3 nitrogen and oxygen atoms in total. The van der Waals surface area contributed by atoms with E-state index in [0.29, 0.717) is 16.5 Å². The maximum atomic E-state index is 10.8. The fraction of sp³-hybridized carbons (Fsp3) is 0.278. The molecule has 0 aliphatic heterocycles. The van der Waals surface area contributed by atoms with Gasteiger partial charge in [-0.05, 0) is 30.2 Å². The second-order valence-corrected chi connectivity index (χ2v) is 6.41. The van der Waals surface area contributed by atoms with Crippen LogP contribution in [0.1, 0.15) is 25.8 Å². The average molecular weight is 353 g/mol. The highest BCUT2D eigenvalue weighted by Crippen LogP contribution is 2.32. The van der Waals surface area contributed by atoms with Gasteiger partial charge < -0.3 is 9.84 Å². The molecule has 0 aliphatic rings. The van der Waals surface area contributed by atoms with E-state index < -0.39 is 5.60 Å². The SMILES string of the molecule is CC(=O)OCCC(C)(O)c1ccc(-c2ccc(Cl)cc2Cl)cc1. The zero-order valence-corrected chi connectivity index (χ0v) is 14.5. The molecule has 0 aliphatic carbocycles. The Labute approximate surface area is 145 Å². The average Bonchev–Trinajstić information content (AvgIpc) is 2.47. The number of benzene rings is 2. The highest BCUT2D eigenvalue weighted by atomic mass is 35.5. The van der Waals surface area contributed by atoms with E-state index in [4.69, 9.17) is 27.9 Å². The molecule has 0 radical (unpaired) electrons. The van der Waals surface area contributed by atoms with Gasteiger partial charge in [0, 0.05) is 29.0 Å². The van der Waals surface area contributed by atoms with Crippen molar-refractivity contribution in [2.24, 2.45) is 0 Å². The molecule has 0 bridgehead atoms. The predicted molar refractivity (Wildman–Crippen MR) is 92.7 cm³/mol. The van der Waals surface area contributed by atoms with Gasteiger partial charge in [0.15, 0.2) is 0 Å². The maximum Gasteiger partial charge on any atom is 0.302 e. The van der Waals surface area contributed by atoms with Crippen molar-refractivity contribution in [1.29, 1.82) is 0 Å². The van der Waals surface area contributed by atoms with Crippen molar-refractivity contribution in [3.63, 3.8) is 0 Å². The summed E-state index contributed by atoms with van der Waals surface area (Å²) in [4.78, 5) is 10.8. The van der Waals surface area contributed by atoms with Gasteiger partial charge in [-0.1, -0.05) is 53.5 Å². The lowest BCUT2D eigenvalue weighted by molar-refractivity contribution is -0.142. The van der Waals surface area contributed by atoms with Crippen LogP contribution in [0.5, 0.6) is 0 Å². The molecule has 2 aromatic carbocycles. The molecule has 0 saturated heterocycles. The Kier molecular flexibility index (Phi) is 5.69. The van der Waals surface area contributed by atoms with E-state index in [1.165, 1.54) is 6.92 Å². The van der Waals surface area contributed by atoms with Crippen LogP contribution in [0, 0.1) is 0 Å². The predicted octanol–water partition coefficient (Wildman–Crippen LogP) is 4.82. The molecule has 23 heavy (non-hydrogen) atoms. The lowest BCUT2D eigenvalue weighted by Gasteiger charge is -2.24. The third kappa shape index (κ3) is 4.71. The molecule has 1 unspecified atom stereocenters. The summed E-state index contributed by atoms with van der Waals surface area (Å²) >= 11 is 12.1. The standard InChI is InChI=1S/C18H18Cl2O3/c1-12(21)23-10-9-18(2,22)14-5-3-13(4-6-14)16-8-7-15(19)11-17(16)20/h3-8,11,22H,9-10H2,1-2H3. The Hall–Kier alpha value is -1.55. The number of hydrogen-bond acceptors (Lipinski definition) is 3. The van der Waals surface area contributed by atoms with E-state index in [1.54, 1.807) is 19.1 Å². The molecule has 122 valence electrons. The van der Waals surface area contributed by atoms with E-state index in [2.05, 4.69) is 0 Å². The Morgan fingerprint density at radius 3 is 2.39 bits per heavy atom. The Morgan fingerprint density at radius 1 is 1.17 bits per heavy atom. The number of halogens is 2. The zero-order valence-electron chi connectivity index (χ0n) is 13.0. The van der Waals surface area contributed by atoms with Crippen molar-refractivity contribution in [2.75, 3.05) is 6.61 Å². The fourth-order valence-electron chi connectivity index (χ4n) is 2.27. The number of aliphatic hydroxyl groups is 1. The van der Waals surface area contributed by atoms with Crippen molar-refractivity contribution in [2.45, 2.75) is 25.9 Å². The van der Waals surface area contributed by atoms with Crippen molar-refractivity contribution < 1.29 is 14.6 Å². The maximum absolute atomic E-state index is 10.8. The number of rotatable bonds is 5. The number of carbonyl (C=O) groups is 1. The molecule has 1 atom stereocenters. The van der Waals surface area contributed by atoms with Crippen molar-refractivity contribution >= 4 is 29.2 Å². The number of ether oxygens (including phenoxy) is 1. The normalized spacial score (nSPS) is 13.4. The third-order valence-corrected chi connectivity index (χ3v) is 4.19. The van der Waals surface area contributed by atoms with Crippen LogP contribution >= 0.6 is 23.2 Å². The lowest BCUT2D eigenvalue weighted by atomic mass is 9.91. The summed E-state index contributed by atoms with van der Waals surface area (Å²) in [6.07, 6.45) is 0.327. The van der Waals surface area contributed by atoms with Crippen LogP contribution in [0.25, 0.3) is 11.1 Å². The van der Waals surface area contributed by atoms with E-state index >= 15 is 0 Å². The summed E-state index contributed by atoms with van der Waals surface area (Å²) in [6, 6.07) is 12.8. The molecule has 2 rings (SSSR count). The van der Waals surface area contributed by atoms with Crippen LogP contribution in [-0.2, 0) is 15.1 Å². The van der Waals surface area contributed by atoms with E-state index in [0.717, 1.165) is 16.7 Å². The number of carbonyl (C=O) groups excluding carboxylic acids is 1. The monoisotopic (exact) mass is 352 g/mol. The minimum atomic E-state index is -1.07. The summed E-state index contributed by atoms with van der Waals surface area (Å²) in [6.45, 7) is 3.22. The van der Waals surface area contributed by atoms with E-state index in [1.807, 2.05) is 30.3 Å². The Morgan fingerprint density at radius 2 is 1.83 bits per heavy atom. The van der Waals surface area contributed by atoms with Crippen molar-refractivity contribution in [1.82, 2.24) is 0 Å². The summed E-state index contributed by atoms with van der Waals surface area (Å²) in [7, 11) is 0. The zero-order chi connectivity index (χ0) is 17.0. The molecule has 0 saturated carbocycles. The Bertz CT molecular complexity index is 694. The molecule has 0 amide bonds. The number of hydrogen-bond donors (Lipinski definition) is 1. The van der Waals surface area contributed by atoms with E-state index in [-0.39, 0.29) is 12.6 Å². The number of esters is 1. The molecule has 1 N–H and O–H groups in total. The third-order valence-electron chi connectivity index (χ3n) is 3.64. The summed E-state index contributed by atoms with van der Waals surface area (Å²) < 4.78 is 4.89. The first-order chi connectivity index (χ1) is 10.8. The van der Waals surface area contributed by atoms with Crippen LogP contribution in [0.15, 0.2) is 42.5 Å². The molecule has 5 heteroatoms. The van der Waals surface area contributed by atoms with Gasteiger partial charge in [-0.25, -0.2) is 0 Å². The van der Waals surface area contributed by atoms with E-state index in [9.17, 15) is 9.90 Å². The smallest absolute Gasteiger partial charge is 0.302 e. The van der Waals surface area contributed by atoms with Gasteiger partial charge in [0.1, 0.15) is 0 Å². The first kappa shape index (κ1) is 17.8. The largest absolute Gasteiger partial charge is 0.466 e. The molecule has 0 spiro atoms. The molecule has 2 aromatic rings. The molecular weight excluding hydrogens is 335 g/mol. The van der Waals surface area contributed by atoms with Crippen molar-refractivity contribution in [3.8, 4) is 11.1 Å². The quantitative estimate of drug-likeness (QED) is 0.784. The summed E-state index contributed by atoms with van der Waals surface area (Å²) in [5.74, 6) is -0.353. The minimum Gasteiger partial charge on any atom is -0.466 e. The second kappa shape index (κ2) is 7.35. The summed E-state index contributed by atoms with van der Waals surface area (Å²) in [5, 5.41) is 11.7. The van der Waals surface area contributed by atoms with Gasteiger partial charge in [0.05, 0.1) is 12.2 Å². The molecule has 0 fully saturated rings. The van der Waals surface area contributed by atoms with Crippen LogP contribution in [-0.4, -0.2) is 17.7 Å². The highest BCUT2D eigenvalue weighted by molar-refractivity contribution is 6.36. The first-order valence-electron chi connectivity index (χ1n) is 7.21.